The number of rotatable bonds is 5. The van der Waals surface area contributed by atoms with Crippen LogP contribution in [-0.4, -0.2) is 47.0 Å². The SMILES string of the molecule is COc1ccc([C@@H]2CN(C(=O)O)C(C)[C@@]2(C)[C@@H](C)O)cc1Oc1ccccc1. The van der Waals surface area contributed by atoms with Gasteiger partial charge in [-0.15, -0.1) is 0 Å². The second-order valence-corrected chi connectivity index (χ2v) is 7.53. The fourth-order valence-corrected chi connectivity index (χ4v) is 4.13. The van der Waals surface area contributed by atoms with E-state index in [0.29, 0.717) is 23.8 Å². The molecule has 2 N–H and O–H groups in total. The summed E-state index contributed by atoms with van der Waals surface area (Å²) in [7, 11) is 1.58. The minimum atomic E-state index is -0.976. The largest absolute Gasteiger partial charge is 0.493 e. The van der Waals surface area contributed by atoms with Gasteiger partial charge in [0.1, 0.15) is 5.75 Å². The average molecular weight is 385 g/mol. The van der Waals surface area contributed by atoms with Gasteiger partial charge in [0.25, 0.3) is 0 Å². The van der Waals surface area contributed by atoms with Crippen LogP contribution in [-0.2, 0) is 0 Å². The van der Waals surface area contributed by atoms with Crippen LogP contribution in [0.25, 0.3) is 0 Å². The Kier molecular flexibility index (Phi) is 5.52. The summed E-state index contributed by atoms with van der Waals surface area (Å²) >= 11 is 0. The summed E-state index contributed by atoms with van der Waals surface area (Å²) in [6.45, 7) is 5.83. The van der Waals surface area contributed by atoms with Gasteiger partial charge in [-0.1, -0.05) is 31.2 Å². The zero-order chi connectivity index (χ0) is 20.5. The Bertz CT molecular complexity index is 838. The first kappa shape index (κ1) is 20.0. The van der Waals surface area contributed by atoms with Gasteiger partial charge in [0.05, 0.1) is 13.2 Å². The van der Waals surface area contributed by atoms with Crippen LogP contribution in [0.15, 0.2) is 48.5 Å². The highest BCUT2D eigenvalue weighted by molar-refractivity contribution is 5.66. The second-order valence-electron chi connectivity index (χ2n) is 7.53. The Morgan fingerprint density at radius 2 is 1.89 bits per heavy atom. The lowest BCUT2D eigenvalue weighted by Gasteiger charge is -2.38. The molecule has 0 bridgehead atoms. The van der Waals surface area contributed by atoms with Gasteiger partial charge in [0.15, 0.2) is 11.5 Å². The number of carboxylic acid groups (broad SMARTS) is 1. The molecule has 0 aliphatic carbocycles. The first-order chi connectivity index (χ1) is 13.3. The predicted octanol–water partition coefficient (Wildman–Crippen LogP) is 4.34. The number of aliphatic hydroxyl groups is 1. The number of likely N-dealkylation sites (tertiary alicyclic amines) is 1. The number of hydrogen-bond acceptors (Lipinski definition) is 4. The van der Waals surface area contributed by atoms with Crippen molar-refractivity contribution in [3.05, 3.63) is 54.1 Å². The molecule has 1 amide bonds. The number of para-hydroxylation sites is 1. The number of aliphatic hydroxyl groups excluding tert-OH is 1. The molecule has 150 valence electrons. The molecule has 4 atom stereocenters. The summed E-state index contributed by atoms with van der Waals surface area (Å²) in [6, 6.07) is 14.7. The van der Waals surface area contributed by atoms with Crippen molar-refractivity contribution in [3.8, 4) is 17.2 Å². The van der Waals surface area contributed by atoms with Gasteiger partial charge >= 0.3 is 6.09 Å². The number of nitrogens with zero attached hydrogens (tertiary/aromatic N) is 1. The molecular formula is C22H27NO5. The lowest BCUT2D eigenvalue weighted by atomic mass is 9.69. The van der Waals surface area contributed by atoms with Crippen molar-refractivity contribution in [2.24, 2.45) is 5.41 Å². The number of carbonyl (C=O) groups is 1. The molecule has 3 rings (SSSR count). The third kappa shape index (κ3) is 3.40. The Labute approximate surface area is 165 Å². The van der Waals surface area contributed by atoms with Crippen molar-refractivity contribution in [1.29, 1.82) is 0 Å². The number of benzene rings is 2. The molecule has 1 unspecified atom stereocenters. The minimum absolute atomic E-state index is 0.178. The quantitative estimate of drug-likeness (QED) is 0.800. The van der Waals surface area contributed by atoms with Gasteiger partial charge in [-0.25, -0.2) is 4.79 Å². The van der Waals surface area contributed by atoms with E-state index in [-0.39, 0.29) is 12.0 Å². The molecule has 6 nitrogen and oxygen atoms in total. The first-order valence-corrected chi connectivity index (χ1v) is 9.37. The molecule has 0 spiro atoms. The fraction of sp³-hybridized carbons (Fsp3) is 0.409. The third-order valence-electron chi connectivity index (χ3n) is 6.20. The highest BCUT2D eigenvalue weighted by Gasteiger charge is 2.53. The lowest BCUT2D eigenvalue weighted by molar-refractivity contribution is 0.0204. The number of methoxy groups -OCH3 is 1. The van der Waals surface area contributed by atoms with E-state index in [1.54, 1.807) is 14.0 Å². The Balaban J connectivity index is 2.02. The highest BCUT2D eigenvalue weighted by atomic mass is 16.5. The molecule has 1 heterocycles. The number of hydrogen-bond donors (Lipinski definition) is 2. The predicted molar refractivity (Wildman–Crippen MR) is 106 cm³/mol. The van der Waals surface area contributed by atoms with E-state index in [1.165, 1.54) is 4.90 Å². The van der Waals surface area contributed by atoms with Gasteiger partial charge in [0.2, 0.25) is 0 Å². The monoisotopic (exact) mass is 385 g/mol. The van der Waals surface area contributed by atoms with Crippen LogP contribution in [0.3, 0.4) is 0 Å². The maximum Gasteiger partial charge on any atom is 0.407 e. The zero-order valence-corrected chi connectivity index (χ0v) is 16.6. The molecule has 28 heavy (non-hydrogen) atoms. The molecule has 6 heteroatoms. The summed E-state index contributed by atoms with van der Waals surface area (Å²) in [5, 5.41) is 20.1. The van der Waals surface area contributed by atoms with Gasteiger partial charge in [0, 0.05) is 23.9 Å². The van der Waals surface area contributed by atoms with Gasteiger partial charge < -0.3 is 24.6 Å². The van der Waals surface area contributed by atoms with E-state index in [9.17, 15) is 15.0 Å². The van der Waals surface area contributed by atoms with Crippen molar-refractivity contribution in [2.45, 2.75) is 38.8 Å². The summed E-state index contributed by atoms with van der Waals surface area (Å²) in [4.78, 5) is 13.1. The summed E-state index contributed by atoms with van der Waals surface area (Å²) in [5.74, 6) is 1.65. The van der Waals surface area contributed by atoms with Crippen LogP contribution in [0, 0.1) is 5.41 Å². The molecule has 1 aliphatic rings. The van der Waals surface area contributed by atoms with Crippen molar-refractivity contribution in [1.82, 2.24) is 4.90 Å². The molecule has 1 fully saturated rings. The number of amides is 1. The van der Waals surface area contributed by atoms with Crippen LogP contribution in [0.1, 0.15) is 32.3 Å². The molecular weight excluding hydrogens is 358 g/mol. The molecule has 2 aromatic rings. The average Bonchev–Trinajstić information content (AvgIpc) is 2.95. The molecule has 1 saturated heterocycles. The summed E-state index contributed by atoms with van der Waals surface area (Å²) < 4.78 is 11.4. The van der Waals surface area contributed by atoms with Gasteiger partial charge in [-0.3, -0.25) is 0 Å². The lowest BCUT2D eigenvalue weighted by Crippen LogP contribution is -2.45. The number of ether oxygens (including phenoxy) is 2. The van der Waals surface area contributed by atoms with E-state index < -0.39 is 17.6 Å². The third-order valence-corrected chi connectivity index (χ3v) is 6.20. The van der Waals surface area contributed by atoms with Gasteiger partial charge in [-0.2, -0.15) is 0 Å². The van der Waals surface area contributed by atoms with E-state index in [2.05, 4.69) is 0 Å². The highest BCUT2D eigenvalue weighted by Crippen LogP contribution is 2.50. The van der Waals surface area contributed by atoms with E-state index >= 15 is 0 Å². The molecule has 0 saturated carbocycles. The Hall–Kier alpha value is -2.73. The Morgan fingerprint density at radius 1 is 1.21 bits per heavy atom. The van der Waals surface area contributed by atoms with Crippen LogP contribution in [0.5, 0.6) is 17.2 Å². The fourth-order valence-electron chi connectivity index (χ4n) is 4.13. The topological polar surface area (TPSA) is 79.2 Å². The maximum absolute atomic E-state index is 11.7. The smallest absolute Gasteiger partial charge is 0.407 e. The van der Waals surface area contributed by atoms with Crippen molar-refractivity contribution in [2.75, 3.05) is 13.7 Å². The van der Waals surface area contributed by atoms with Crippen molar-refractivity contribution >= 4 is 6.09 Å². The van der Waals surface area contributed by atoms with E-state index in [0.717, 1.165) is 5.56 Å². The van der Waals surface area contributed by atoms with Crippen LogP contribution < -0.4 is 9.47 Å². The minimum Gasteiger partial charge on any atom is -0.493 e. The molecule has 0 aromatic heterocycles. The van der Waals surface area contributed by atoms with E-state index in [1.807, 2.05) is 62.4 Å². The molecule has 1 aliphatic heterocycles. The van der Waals surface area contributed by atoms with E-state index in [4.69, 9.17) is 9.47 Å². The van der Waals surface area contributed by atoms with Crippen LogP contribution in [0.4, 0.5) is 4.79 Å². The molecule has 2 aromatic carbocycles. The second kappa shape index (κ2) is 7.72. The van der Waals surface area contributed by atoms with Crippen molar-refractivity contribution < 1.29 is 24.5 Å². The summed E-state index contributed by atoms with van der Waals surface area (Å²) in [6.07, 6.45) is -1.66. The molecule has 0 radical (unpaired) electrons. The zero-order valence-electron chi connectivity index (χ0n) is 16.6. The van der Waals surface area contributed by atoms with Crippen LogP contribution >= 0.6 is 0 Å². The van der Waals surface area contributed by atoms with Crippen molar-refractivity contribution in [3.63, 3.8) is 0 Å². The Morgan fingerprint density at radius 3 is 2.46 bits per heavy atom. The maximum atomic E-state index is 11.7. The van der Waals surface area contributed by atoms with Gasteiger partial charge in [-0.05, 0) is 43.7 Å². The normalized spacial score (nSPS) is 25.4. The van der Waals surface area contributed by atoms with Crippen LogP contribution in [0.2, 0.25) is 0 Å². The first-order valence-electron chi connectivity index (χ1n) is 9.37. The summed E-state index contributed by atoms with van der Waals surface area (Å²) in [5.41, 5.74) is 0.280. The standard InChI is InChI=1S/C22H27NO5/c1-14-22(3,15(2)24)18(13-23(14)21(25)26)16-10-11-19(27-4)20(12-16)28-17-8-6-5-7-9-17/h5-12,14-15,18,24H,13H2,1-4H3,(H,25,26)/t14?,15-,18+,22+/m1/s1.